The molecule has 3 N–H and O–H groups in total. The first-order valence-corrected chi connectivity index (χ1v) is 12.4. The first-order valence-electron chi connectivity index (χ1n) is 8.15. The van der Waals surface area contributed by atoms with Crippen molar-refractivity contribution >= 4 is 17.4 Å². The summed E-state index contributed by atoms with van der Waals surface area (Å²) in [6.07, 6.45) is 8.51. The Kier molecular flexibility index (Phi) is 10.3. The number of unbranched alkanes of at least 4 members (excludes halogenated alkanes) is 7. The van der Waals surface area contributed by atoms with E-state index in [1.54, 1.807) is 0 Å². The average molecular weight is 360 g/mol. The zero-order valence-electron chi connectivity index (χ0n) is 13.9. The molecule has 6 nitrogen and oxygen atoms in total. The van der Waals surface area contributed by atoms with Gasteiger partial charge in [-0.3, -0.25) is 0 Å². The van der Waals surface area contributed by atoms with Crippen molar-refractivity contribution in [3.63, 3.8) is 0 Å². The van der Waals surface area contributed by atoms with E-state index in [2.05, 4.69) is 6.92 Å². The van der Waals surface area contributed by atoms with Crippen LogP contribution in [0.4, 0.5) is 0 Å². The van der Waals surface area contributed by atoms with Crippen LogP contribution in [0.2, 0.25) is 0 Å². The maximum atomic E-state index is 10.5. The Hall–Kier alpha value is 0.220. The van der Waals surface area contributed by atoms with Gasteiger partial charge in [0.15, 0.2) is 0 Å². The Morgan fingerprint density at radius 1 is 0.909 bits per heavy atom. The van der Waals surface area contributed by atoms with Gasteiger partial charge in [0, 0.05) is 0 Å². The molecule has 0 aliphatic carbocycles. The molecule has 0 spiro atoms. The average Bonchev–Trinajstić information content (AvgIpc) is 2.35. The fourth-order valence-electron chi connectivity index (χ4n) is 2.19. The SMILES string of the molecule is CCCCCCCCCP(C)(O)(O)OCCCCS(=O)(=O)O. The van der Waals surface area contributed by atoms with Gasteiger partial charge in [-0.2, -0.15) is 0 Å². The van der Waals surface area contributed by atoms with Gasteiger partial charge in [0.1, 0.15) is 0 Å². The van der Waals surface area contributed by atoms with Crippen molar-refractivity contribution in [1.82, 2.24) is 0 Å². The van der Waals surface area contributed by atoms with E-state index >= 15 is 0 Å². The second-order valence-corrected chi connectivity index (χ2v) is 11.6. The van der Waals surface area contributed by atoms with Gasteiger partial charge < -0.3 is 0 Å². The first-order chi connectivity index (χ1) is 10.0. The van der Waals surface area contributed by atoms with Crippen LogP contribution in [0.1, 0.15) is 64.7 Å². The molecule has 22 heavy (non-hydrogen) atoms. The van der Waals surface area contributed by atoms with Crippen molar-refractivity contribution in [2.24, 2.45) is 0 Å². The summed E-state index contributed by atoms with van der Waals surface area (Å²) < 4.78 is 34.9. The molecule has 0 amide bonds. The summed E-state index contributed by atoms with van der Waals surface area (Å²) in [4.78, 5) is 20.4. The summed E-state index contributed by atoms with van der Waals surface area (Å²) in [7, 11) is -8.01. The summed E-state index contributed by atoms with van der Waals surface area (Å²) in [5.74, 6) is -0.329. The van der Waals surface area contributed by atoms with Gasteiger partial charge in [0.25, 0.3) is 0 Å². The van der Waals surface area contributed by atoms with Gasteiger partial charge in [-0.05, 0) is 0 Å². The van der Waals surface area contributed by atoms with Crippen LogP contribution in [0.5, 0.6) is 0 Å². The van der Waals surface area contributed by atoms with Gasteiger partial charge in [-0.25, -0.2) is 0 Å². The monoisotopic (exact) mass is 360 g/mol. The van der Waals surface area contributed by atoms with Crippen LogP contribution in [0.3, 0.4) is 0 Å². The fraction of sp³-hybridized carbons (Fsp3) is 1.00. The normalized spacial score (nSPS) is 14.7. The molecule has 0 aromatic heterocycles. The Bertz CT molecular complexity index is 388. The molecule has 0 fully saturated rings. The van der Waals surface area contributed by atoms with Crippen LogP contribution in [-0.4, -0.2) is 47.9 Å². The van der Waals surface area contributed by atoms with Crippen molar-refractivity contribution < 1.29 is 27.3 Å². The van der Waals surface area contributed by atoms with Crippen LogP contribution in [0.15, 0.2) is 0 Å². The van der Waals surface area contributed by atoms with Crippen molar-refractivity contribution in [3.05, 3.63) is 0 Å². The van der Waals surface area contributed by atoms with E-state index in [4.69, 9.17) is 9.08 Å². The van der Waals surface area contributed by atoms with Gasteiger partial charge in [0.05, 0.1) is 0 Å². The molecule has 8 heteroatoms. The predicted molar refractivity (Wildman–Crippen MR) is 91.7 cm³/mol. The molecule has 0 aromatic carbocycles. The summed E-state index contributed by atoms with van der Waals surface area (Å²) in [5.41, 5.74) is 0. The van der Waals surface area contributed by atoms with Crippen molar-refractivity contribution in [2.45, 2.75) is 64.7 Å². The molecule has 0 atom stereocenters. The Labute approximate surface area is 135 Å². The standard InChI is InChI=1S/C14H33O6PS/c1-3-4-5-6-7-8-10-13-21(2,15,16)20-12-9-11-14-22(17,18)19/h15-16H,3-14H2,1-2H3,(H,17,18,19). The second-order valence-electron chi connectivity index (χ2n) is 6.23. The summed E-state index contributed by atoms with van der Waals surface area (Å²) in [6.45, 7) is 3.62. The van der Waals surface area contributed by atoms with Crippen LogP contribution in [0, 0.1) is 0 Å². The van der Waals surface area contributed by atoms with E-state index in [-0.39, 0.29) is 24.9 Å². The van der Waals surface area contributed by atoms with Crippen molar-refractivity contribution in [2.75, 3.05) is 25.2 Å². The third-order valence-corrected chi connectivity index (χ3v) is 6.51. The minimum absolute atomic E-state index is 0.0906. The van der Waals surface area contributed by atoms with E-state index in [1.807, 2.05) is 0 Å². The predicted octanol–water partition coefficient (Wildman–Crippen LogP) is 3.33. The Morgan fingerprint density at radius 2 is 1.45 bits per heavy atom. The third kappa shape index (κ3) is 15.1. The van der Waals surface area contributed by atoms with E-state index in [1.165, 1.54) is 32.3 Å². The molecule has 0 unspecified atom stereocenters. The van der Waals surface area contributed by atoms with E-state index < -0.39 is 17.4 Å². The van der Waals surface area contributed by atoms with Crippen LogP contribution in [0.25, 0.3) is 0 Å². The summed E-state index contributed by atoms with van der Waals surface area (Å²) in [6, 6.07) is 0. The molecule has 0 rings (SSSR count). The number of hydrogen-bond donors (Lipinski definition) is 3. The maximum absolute atomic E-state index is 10.5. The topological polar surface area (TPSA) is 104 Å². The van der Waals surface area contributed by atoms with E-state index in [0.29, 0.717) is 6.42 Å². The zero-order valence-corrected chi connectivity index (χ0v) is 15.6. The van der Waals surface area contributed by atoms with E-state index in [0.717, 1.165) is 19.3 Å². The molecule has 136 valence electrons. The minimum atomic E-state index is -4.06. The molecule has 0 bridgehead atoms. The van der Waals surface area contributed by atoms with E-state index in [9.17, 15) is 18.2 Å². The van der Waals surface area contributed by atoms with Gasteiger partial charge in [0.2, 0.25) is 0 Å². The van der Waals surface area contributed by atoms with Gasteiger partial charge in [-0.1, -0.05) is 0 Å². The quantitative estimate of drug-likeness (QED) is 0.249. The van der Waals surface area contributed by atoms with Gasteiger partial charge >= 0.3 is 135 Å². The molecule has 0 saturated carbocycles. The second kappa shape index (κ2) is 10.2. The molecule has 0 saturated heterocycles. The molecule has 0 heterocycles. The summed E-state index contributed by atoms with van der Waals surface area (Å²) >= 11 is 0. The molecular weight excluding hydrogens is 327 g/mol. The third-order valence-electron chi connectivity index (χ3n) is 3.50. The molecule has 0 aliphatic rings. The van der Waals surface area contributed by atoms with Crippen molar-refractivity contribution in [3.8, 4) is 0 Å². The fourth-order valence-corrected chi connectivity index (χ4v) is 4.44. The number of rotatable bonds is 14. The van der Waals surface area contributed by atoms with Crippen LogP contribution >= 0.6 is 7.28 Å². The molecule has 0 aromatic rings. The molecular formula is C14H33O6PS. The molecule has 0 aliphatic heterocycles. The zero-order chi connectivity index (χ0) is 17.1. The Balaban J connectivity index is 3.77. The van der Waals surface area contributed by atoms with Gasteiger partial charge in [-0.15, -0.1) is 0 Å². The summed E-state index contributed by atoms with van der Waals surface area (Å²) in [5, 5.41) is 0. The van der Waals surface area contributed by atoms with Crippen molar-refractivity contribution in [1.29, 1.82) is 0 Å². The molecule has 0 radical (unpaired) electrons. The van der Waals surface area contributed by atoms with Crippen LogP contribution in [-0.2, 0) is 14.6 Å². The van der Waals surface area contributed by atoms with Crippen LogP contribution < -0.4 is 0 Å². The number of hydrogen-bond acceptors (Lipinski definition) is 5. The Morgan fingerprint density at radius 3 is 2.00 bits per heavy atom. The first kappa shape index (κ1) is 22.2.